The highest BCUT2D eigenvalue weighted by Crippen LogP contribution is 2.22. The Morgan fingerprint density at radius 1 is 1.13 bits per heavy atom. The molecular weight excluding hydrogens is 288 g/mol. The summed E-state index contributed by atoms with van der Waals surface area (Å²) in [5.74, 6) is 0.204. The molecule has 23 heavy (non-hydrogen) atoms. The van der Waals surface area contributed by atoms with Crippen molar-refractivity contribution in [2.45, 2.75) is 26.3 Å². The SMILES string of the molecule is CC(C)c1ccc(NC(=O)CN2Cc3ccccc3C2=O)cc1. The first-order chi connectivity index (χ1) is 11.0. The van der Waals surface area contributed by atoms with Crippen LogP contribution in [0, 0.1) is 0 Å². The molecule has 1 aliphatic heterocycles. The van der Waals surface area contributed by atoms with Crippen LogP contribution in [-0.4, -0.2) is 23.3 Å². The summed E-state index contributed by atoms with van der Waals surface area (Å²) >= 11 is 0. The molecule has 1 N–H and O–H groups in total. The van der Waals surface area contributed by atoms with E-state index in [-0.39, 0.29) is 18.4 Å². The molecule has 0 saturated carbocycles. The van der Waals surface area contributed by atoms with Gasteiger partial charge in [-0.15, -0.1) is 0 Å². The molecule has 4 nitrogen and oxygen atoms in total. The molecule has 0 atom stereocenters. The number of benzene rings is 2. The summed E-state index contributed by atoms with van der Waals surface area (Å²) < 4.78 is 0. The lowest BCUT2D eigenvalue weighted by Crippen LogP contribution is -2.33. The van der Waals surface area contributed by atoms with Crippen LogP contribution in [-0.2, 0) is 11.3 Å². The van der Waals surface area contributed by atoms with Crippen LogP contribution in [0.5, 0.6) is 0 Å². The van der Waals surface area contributed by atoms with Crippen LogP contribution in [0.3, 0.4) is 0 Å². The monoisotopic (exact) mass is 308 g/mol. The van der Waals surface area contributed by atoms with Crippen LogP contribution >= 0.6 is 0 Å². The van der Waals surface area contributed by atoms with E-state index in [0.29, 0.717) is 18.0 Å². The molecular formula is C19H20N2O2. The smallest absolute Gasteiger partial charge is 0.254 e. The summed E-state index contributed by atoms with van der Waals surface area (Å²) in [5.41, 5.74) is 3.66. The van der Waals surface area contributed by atoms with Crippen LogP contribution in [0.1, 0.15) is 41.3 Å². The van der Waals surface area contributed by atoms with E-state index in [1.165, 1.54) is 5.56 Å². The number of amides is 2. The zero-order valence-electron chi connectivity index (χ0n) is 13.4. The number of carbonyl (C=O) groups excluding carboxylic acids is 2. The molecule has 4 heteroatoms. The molecule has 3 rings (SSSR count). The second kappa shape index (κ2) is 6.24. The minimum atomic E-state index is -0.177. The van der Waals surface area contributed by atoms with Crippen molar-refractivity contribution in [1.29, 1.82) is 0 Å². The number of nitrogens with zero attached hydrogens (tertiary/aromatic N) is 1. The van der Waals surface area contributed by atoms with Crippen molar-refractivity contribution in [3.8, 4) is 0 Å². The summed E-state index contributed by atoms with van der Waals surface area (Å²) in [7, 11) is 0. The van der Waals surface area contributed by atoms with Gasteiger partial charge in [0.15, 0.2) is 0 Å². The van der Waals surface area contributed by atoms with Gasteiger partial charge in [0, 0.05) is 17.8 Å². The quantitative estimate of drug-likeness (QED) is 0.941. The second-order valence-corrected chi connectivity index (χ2v) is 6.14. The van der Waals surface area contributed by atoms with Gasteiger partial charge in [-0.2, -0.15) is 0 Å². The van der Waals surface area contributed by atoms with Crippen LogP contribution in [0.2, 0.25) is 0 Å². The van der Waals surface area contributed by atoms with E-state index in [0.717, 1.165) is 11.3 Å². The van der Waals surface area contributed by atoms with E-state index >= 15 is 0 Å². The molecule has 0 aliphatic carbocycles. The summed E-state index contributed by atoms with van der Waals surface area (Å²) in [4.78, 5) is 26.0. The largest absolute Gasteiger partial charge is 0.325 e. The number of anilines is 1. The fraction of sp³-hybridized carbons (Fsp3) is 0.263. The summed E-state index contributed by atoms with van der Waals surface area (Å²) in [5, 5.41) is 2.85. The Balaban J connectivity index is 1.61. The molecule has 2 aromatic rings. The van der Waals surface area contributed by atoms with Crippen molar-refractivity contribution in [1.82, 2.24) is 4.90 Å². The van der Waals surface area contributed by atoms with Crippen molar-refractivity contribution in [2.24, 2.45) is 0 Å². The maximum Gasteiger partial charge on any atom is 0.254 e. The van der Waals surface area contributed by atoms with E-state index in [1.54, 1.807) is 11.0 Å². The van der Waals surface area contributed by atoms with Gasteiger partial charge < -0.3 is 10.2 Å². The zero-order chi connectivity index (χ0) is 16.4. The third-order valence-electron chi connectivity index (χ3n) is 4.09. The first kappa shape index (κ1) is 15.3. The maximum absolute atomic E-state index is 12.3. The minimum absolute atomic E-state index is 0.0689. The second-order valence-electron chi connectivity index (χ2n) is 6.14. The highest BCUT2D eigenvalue weighted by Gasteiger charge is 2.28. The third kappa shape index (κ3) is 3.26. The Bertz CT molecular complexity index is 735. The zero-order valence-corrected chi connectivity index (χ0v) is 13.4. The molecule has 0 radical (unpaired) electrons. The molecule has 0 fully saturated rings. The van der Waals surface area contributed by atoms with Crippen molar-refractivity contribution in [3.05, 3.63) is 65.2 Å². The Hall–Kier alpha value is -2.62. The number of rotatable bonds is 4. The van der Waals surface area contributed by atoms with E-state index in [4.69, 9.17) is 0 Å². The van der Waals surface area contributed by atoms with Gasteiger partial charge in [0.25, 0.3) is 5.91 Å². The van der Waals surface area contributed by atoms with Crippen LogP contribution in [0.25, 0.3) is 0 Å². The van der Waals surface area contributed by atoms with Crippen LogP contribution < -0.4 is 5.32 Å². The Labute approximate surface area is 136 Å². The van der Waals surface area contributed by atoms with Crippen molar-refractivity contribution in [3.63, 3.8) is 0 Å². The standard InChI is InChI=1S/C19H20N2O2/c1-13(2)14-7-9-16(10-8-14)20-18(22)12-21-11-15-5-3-4-6-17(15)19(21)23/h3-10,13H,11-12H2,1-2H3,(H,20,22). The average Bonchev–Trinajstić information content (AvgIpc) is 2.84. The lowest BCUT2D eigenvalue weighted by atomic mass is 10.0. The highest BCUT2D eigenvalue weighted by molar-refractivity contribution is 6.02. The molecule has 1 heterocycles. The first-order valence-electron chi connectivity index (χ1n) is 7.81. The van der Waals surface area contributed by atoms with Gasteiger partial charge in [0.05, 0.1) is 0 Å². The van der Waals surface area contributed by atoms with E-state index in [1.807, 2.05) is 42.5 Å². The van der Waals surface area contributed by atoms with Gasteiger partial charge in [-0.25, -0.2) is 0 Å². The van der Waals surface area contributed by atoms with Crippen molar-refractivity contribution >= 4 is 17.5 Å². The Morgan fingerprint density at radius 2 is 1.83 bits per heavy atom. The molecule has 118 valence electrons. The number of hydrogen-bond donors (Lipinski definition) is 1. The van der Waals surface area contributed by atoms with Gasteiger partial charge >= 0.3 is 0 Å². The summed E-state index contributed by atoms with van der Waals surface area (Å²) in [6, 6.07) is 15.3. The van der Waals surface area contributed by atoms with Crippen molar-refractivity contribution in [2.75, 3.05) is 11.9 Å². The minimum Gasteiger partial charge on any atom is -0.325 e. The normalized spacial score (nSPS) is 13.3. The molecule has 2 aromatic carbocycles. The number of carbonyl (C=O) groups is 2. The van der Waals surface area contributed by atoms with Gasteiger partial charge in [0.1, 0.15) is 6.54 Å². The number of nitrogens with one attached hydrogen (secondary N) is 1. The molecule has 0 aromatic heterocycles. The molecule has 1 aliphatic rings. The van der Waals surface area contributed by atoms with Gasteiger partial charge in [-0.05, 0) is 35.2 Å². The predicted molar refractivity (Wildman–Crippen MR) is 90.3 cm³/mol. The topological polar surface area (TPSA) is 49.4 Å². The first-order valence-corrected chi connectivity index (χ1v) is 7.81. The van der Waals surface area contributed by atoms with Crippen LogP contribution in [0.15, 0.2) is 48.5 Å². The molecule has 0 spiro atoms. The number of fused-ring (bicyclic) bond motifs is 1. The molecule has 2 amide bonds. The van der Waals surface area contributed by atoms with Crippen molar-refractivity contribution < 1.29 is 9.59 Å². The average molecular weight is 308 g/mol. The van der Waals surface area contributed by atoms with E-state index < -0.39 is 0 Å². The maximum atomic E-state index is 12.3. The van der Waals surface area contributed by atoms with Crippen LogP contribution in [0.4, 0.5) is 5.69 Å². The number of hydrogen-bond acceptors (Lipinski definition) is 2. The van der Waals surface area contributed by atoms with E-state index in [9.17, 15) is 9.59 Å². The highest BCUT2D eigenvalue weighted by atomic mass is 16.2. The lowest BCUT2D eigenvalue weighted by Gasteiger charge is -2.15. The Morgan fingerprint density at radius 3 is 2.48 bits per heavy atom. The molecule has 0 bridgehead atoms. The Kier molecular flexibility index (Phi) is 4.15. The van der Waals surface area contributed by atoms with Gasteiger partial charge in [0.2, 0.25) is 5.91 Å². The predicted octanol–water partition coefficient (Wildman–Crippen LogP) is 3.40. The van der Waals surface area contributed by atoms with Gasteiger partial charge in [-0.1, -0.05) is 44.2 Å². The van der Waals surface area contributed by atoms with Gasteiger partial charge in [-0.3, -0.25) is 9.59 Å². The fourth-order valence-electron chi connectivity index (χ4n) is 2.77. The molecule has 0 saturated heterocycles. The third-order valence-corrected chi connectivity index (χ3v) is 4.09. The summed E-state index contributed by atoms with van der Waals surface area (Å²) in [6.45, 7) is 4.82. The lowest BCUT2D eigenvalue weighted by molar-refractivity contribution is -0.116. The van der Waals surface area contributed by atoms with E-state index in [2.05, 4.69) is 19.2 Å². The fourth-order valence-corrected chi connectivity index (χ4v) is 2.77. The summed E-state index contributed by atoms with van der Waals surface area (Å²) in [6.07, 6.45) is 0. The molecule has 0 unspecified atom stereocenters.